The van der Waals surface area contributed by atoms with Gasteiger partial charge in [0.05, 0.1) is 19.6 Å². The lowest BCUT2D eigenvalue weighted by atomic mass is 10.0. The Labute approximate surface area is 133 Å². The van der Waals surface area contributed by atoms with E-state index in [1.165, 1.54) is 11.8 Å². The number of benzene rings is 2. The summed E-state index contributed by atoms with van der Waals surface area (Å²) in [6.07, 6.45) is -0.776. The van der Waals surface area contributed by atoms with Gasteiger partial charge >= 0.3 is 6.16 Å². The van der Waals surface area contributed by atoms with Crippen molar-refractivity contribution >= 4 is 17.1 Å². The molecule has 1 aromatic heterocycles. The molecule has 3 rings (SSSR count). The van der Waals surface area contributed by atoms with Gasteiger partial charge in [0.2, 0.25) is 5.88 Å². The van der Waals surface area contributed by atoms with E-state index in [0.29, 0.717) is 5.88 Å². The Morgan fingerprint density at radius 1 is 1.13 bits per heavy atom. The number of carbonyl (C=O) groups is 1. The number of nitrogens with zero attached hydrogens (tertiary/aromatic N) is 2. The van der Waals surface area contributed by atoms with Crippen molar-refractivity contribution in [1.29, 1.82) is 0 Å². The number of rotatable bonds is 3. The SMILES string of the molecule is COC(=O)Oc1c2cccc(-c3cccc(OC)c3)c2nn1C. The Morgan fingerprint density at radius 3 is 2.65 bits per heavy atom. The van der Waals surface area contributed by atoms with Gasteiger partial charge in [-0.2, -0.15) is 5.10 Å². The molecule has 6 heteroatoms. The molecule has 0 aliphatic heterocycles. The summed E-state index contributed by atoms with van der Waals surface area (Å²) < 4.78 is 16.5. The maximum absolute atomic E-state index is 11.4. The van der Waals surface area contributed by atoms with Crippen LogP contribution in [0.4, 0.5) is 4.79 Å². The van der Waals surface area contributed by atoms with Gasteiger partial charge in [-0.05, 0) is 23.8 Å². The Balaban J connectivity index is 2.16. The second kappa shape index (κ2) is 6.00. The number of hydrogen-bond donors (Lipinski definition) is 0. The quantitative estimate of drug-likeness (QED) is 0.694. The largest absolute Gasteiger partial charge is 0.514 e. The standard InChI is InChI=1S/C17H16N2O4/c1-19-16(23-17(20)22-3)14-9-5-8-13(15(14)18-19)11-6-4-7-12(10-11)21-2/h4-10H,1-3H3. The molecule has 0 spiro atoms. The van der Waals surface area contributed by atoms with Gasteiger partial charge < -0.3 is 14.2 Å². The number of aromatic nitrogens is 2. The number of hydrogen-bond acceptors (Lipinski definition) is 5. The maximum atomic E-state index is 11.4. The van der Waals surface area contributed by atoms with Crippen molar-refractivity contribution in [3.8, 4) is 22.8 Å². The van der Waals surface area contributed by atoms with E-state index in [1.54, 1.807) is 14.2 Å². The molecule has 0 fully saturated rings. The molecule has 2 aromatic carbocycles. The third kappa shape index (κ3) is 2.70. The second-order valence-electron chi connectivity index (χ2n) is 4.92. The Morgan fingerprint density at radius 2 is 1.91 bits per heavy atom. The molecule has 0 saturated heterocycles. The zero-order chi connectivity index (χ0) is 16.4. The van der Waals surface area contributed by atoms with Gasteiger partial charge in [-0.3, -0.25) is 0 Å². The third-order valence-corrected chi connectivity index (χ3v) is 3.54. The number of carbonyl (C=O) groups excluding carboxylic acids is 1. The first-order valence-electron chi connectivity index (χ1n) is 7.00. The van der Waals surface area contributed by atoms with E-state index < -0.39 is 6.16 Å². The monoisotopic (exact) mass is 312 g/mol. The van der Waals surface area contributed by atoms with E-state index in [-0.39, 0.29) is 0 Å². The lowest BCUT2D eigenvalue weighted by Gasteiger charge is -2.05. The highest BCUT2D eigenvalue weighted by Crippen LogP contribution is 2.34. The predicted molar refractivity (Wildman–Crippen MR) is 85.7 cm³/mol. The summed E-state index contributed by atoms with van der Waals surface area (Å²) in [5.74, 6) is 1.11. The summed E-state index contributed by atoms with van der Waals surface area (Å²) in [6, 6.07) is 13.4. The highest BCUT2D eigenvalue weighted by molar-refractivity contribution is 5.97. The van der Waals surface area contributed by atoms with E-state index in [4.69, 9.17) is 9.47 Å². The fourth-order valence-corrected chi connectivity index (χ4v) is 2.46. The van der Waals surface area contributed by atoms with Crippen LogP contribution in [-0.4, -0.2) is 30.2 Å². The molecule has 0 aliphatic carbocycles. The van der Waals surface area contributed by atoms with Crippen LogP contribution < -0.4 is 9.47 Å². The van der Waals surface area contributed by atoms with Crippen molar-refractivity contribution in [2.24, 2.45) is 7.05 Å². The van der Waals surface area contributed by atoms with Crippen molar-refractivity contribution in [3.05, 3.63) is 42.5 Å². The van der Waals surface area contributed by atoms with Crippen molar-refractivity contribution in [1.82, 2.24) is 9.78 Å². The topological polar surface area (TPSA) is 62.6 Å². The highest BCUT2D eigenvalue weighted by atomic mass is 16.7. The third-order valence-electron chi connectivity index (χ3n) is 3.54. The fraction of sp³-hybridized carbons (Fsp3) is 0.176. The summed E-state index contributed by atoms with van der Waals surface area (Å²) in [4.78, 5) is 11.4. The van der Waals surface area contributed by atoms with Crippen LogP contribution in [0.15, 0.2) is 42.5 Å². The lowest BCUT2D eigenvalue weighted by Crippen LogP contribution is -2.10. The molecule has 23 heavy (non-hydrogen) atoms. The van der Waals surface area contributed by atoms with Crippen LogP contribution in [0.3, 0.4) is 0 Å². The molecule has 0 aliphatic rings. The van der Waals surface area contributed by atoms with E-state index in [9.17, 15) is 4.79 Å². The van der Waals surface area contributed by atoms with Gasteiger partial charge in [0.15, 0.2) is 0 Å². The minimum Gasteiger partial charge on any atom is -0.497 e. The highest BCUT2D eigenvalue weighted by Gasteiger charge is 2.17. The molecule has 6 nitrogen and oxygen atoms in total. The first-order chi connectivity index (χ1) is 11.1. The number of fused-ring (bicyclic) bond motifs is 1. The number of methoxy groups -OCH3 is 2. The fourth-order valence-electron chi connectivity index (χ4n) is 2.46. The second-order valence-corrected chi connectivity index (χ2v) is 4.92. The predicted octanol–water partition coefficient (Wildman–Crippen LogP) is 3.39. The number of aryl methyl sites for hydroxylation is 1. The normalized spacial score (nSPS) is 10.6. The molecule has 0 radical (unpaired) electrons. The van der Waals surface area contributed by atoms with Crippen molar-refractivity contribution in [3.63, 3.8) is 0 Å². The van der Waals surface area contributed by atoms with Crippen LogP contribution in [0.25, 0.3) is 22.0 Å². The minimum absolute atomic E-state index is 0.344. The van der Waals surface area contributed by atoms with E-state index >= 15 is 0 Å². The smallest absolute Gasteiger partial charge is 0.497 e. The Bertz CT molecular complexity index is 870. The first-order valence-corrected chi connectivity index (χ1v) is 7.00. The van der Waals surface area contributed by atoms with Crippen molar-refractivity contribution < 1.29 is 19.0 Å². The summed E-state index contributed by atoms with van der Waals surface area (Å²) in [5.41, 5.74) is 2.64. The molecule has 118 valence electrons. The Kier molecular flexibility index (Phi) is 3.89. The number of ether oxygens (including phenoxy) is 3. The van der Waals surface area contributed by atoms with Gasteiger partial charge in [0.25, 0.3) is 0 Å². The molecule has 0 unspecified atom stereocenters. The zero-order valence-corrected chi connectivity index (χ0v) is 13.1. The molecular formula is C17H16N2O4. The molecular weight excluding hydrogens is 296 g/mol. The van der Waals surface area contributed by atoms with E-state index in [2.05, 4.69) is 9.84 Å². The van der Waals surface area contributed by atoms with Crippen LogP contribution in [0, 0.1) is 0 Å². The average molecular weight is 312 g/mol. The average Bonchev–Trinajstić information content (AvgIpc) is 2.90. The molecule has 3 aromatic rings. The molecule has 0 saturated carbocycles. The summed E-state index contributed by atoms with van der Waals surface area (Å²) >= 11 is 0. The molecule has 0 N–H and O–H groups in total. The summed E-state index contributed by atoms with van der Waals surface area (Å²) in [7, 11) is 4.61. The molecule has 1 heterocycles. The van der Waals surface area contributed by atoms with Gasteiger partial charge in [-0.25, -0.2) is 9.48 Å². The van der Waals surface area contributed by atoms with Gasteiger partial charge in [-0.1, -0.05) is 24.3 Å². The molecule has 0 amide bonds. The van der Waals surface area contributed by atoms with Crippen LogP contribution in [-0.2, 0) is 11.8 Å². The van der Waals surface area contributed by atoms with Gasteiger partial charge in [0.1, 0.15) is 11.3 Å². The van der Waals surface area contributed by atoms with Crippen LogP contribution in [0.1, 0.15) is 0 Å². The van der Waals surface area contributed by atoms with Gasteiger partial charge in [-0.15, -0.1) is 0 Å². The van der Waals surface area contributed by atoms with Crippen LogP contribution >= 0.6 is 0 Å². The molecule has 0 atom stereocenters. The van der Waals surface area contributed by atoms with Crippen LogP contribution in [0.2, 0.25) is 0 Å². The molecule has 0 bridgehead atoms. The first kappa shape index (κ1) is 14.9. The maximum Gasteiger partial charge on any atom is 0.514 e. The summed E-state index contributed by atoms with van der Waals surface area (Å²) in [6.45, 7) is 0. The van der Waals surface area contributed by atoms with E-state index in [0.717, 1.165) is 27.8 Å². The summed E-state index contributed by atoms with van der Waals surface area (Å²) in [5, 5.41) is 5.21. The van der Waals surface area contributed by atoms with E-state index in [1.807, 2.05) is 42.5 Å². The van der Waals surface area contributed by atoms with Gasteiger partial charge in [0, 0.05) is 12.6 Å². The lowest BCUT2D eigenvalue weighted by molar-refractivity contribution is 0.118. The zero-order valence-electron chi connectivity index (χ0n) is 13.1. The van der Waals surface area contributed by atoms with Crippen molar-refractivity contribution in [2.45, 2.75) is 0 Å². The Hall–Kier alpha value is -3.02. The van der Waals surface area contributed by atoms with Crippen molar-refractivity contribution in [2.75, 3.05) is 14.2 Å². The van der Waals surface area contributed by atoms with Crippen LogP contribution in [0.5, 0.6) is 11.6 Å². The minimum atomic E-state index is -0.776.